The number of H-pyrrole nitrogens is 1. The van der Waals surface area contributed by atoms with Crippen LogP contribution in [-0.2, 0) is 0 Å². The van der Waals surface area contributed by atoms with Crippen molar-refractivity contribution in [2.75, 3.05) is 0 Å². The molecule has 0 amide bonds. The van der Waals surface area contributed by atoms with E-state index in [1.54, 1.807) is 12.1 Å². The molecule has 2 aromatic rings. The van der Waals surface area contributed by atoms with E-state index in [4.69, 9.17) is 5.26 Å². The van der Waals surface area contributed by atoms with Gasteiger partial charge in [-0.15, -0.1) is 0 Å². The normalized spacial score (nSPS) is 9.93. The van der Waals surface area contributed by atoms with E-state index in [0.717, 1.165) is 0 Å². The molecule has 0 aliphatic carbocycles. The zero-order valence-electron chi connectivity index (χ0n) is 7.02. The second-order valence-electron chi connectivity index (χ2n) is 2.80. The van der Waals surface area contributed by atoms with Gasteiger partial charge in [-0.3, -0.25) is 10.1 Å². The number of benzene rings is 1. The van der Waals surface area contributed by atoms with Crippen molar-refractivity contribution in [3.63, 3.8) is 0 Å². The minimum atomic E-state index is -0.472. The van der Waals surface area contributed by atoms with Gasteiger partial charge in [0.25, 0.3) is 5.69 Å². The SMILES string of the molecule is N#Cc1ccc2[nH]cc([N+](=O)[O-])c2c1. The molecule has 0 spiro atoms. The van der Waals surface area contributed by atoms with Crippen molar-refractivity contribution in [2.45, 2.75) is 0 Å². The Kier molecular flexibility index (Phi) is 1.68. The van der Waals surface area contributed by atoms with Gasteiger partial charge in [0, 0.05) is 0 Å². The number of nitrogens with zero attached hydrogens (tertiary/aromatic N) is 2. The van der Waals surface area contributed by atoms with Gasteiger partial charge in [-0.1, -0.05) is 0 Å². The fraction of sp³-hybridized carbons (Fsp3) is 0. The van der Waals surface area contributed by atoms with E-state index in [1.807, 2.05) is 6.07 Å². The van der Waals surface area contributed by atoms with Gasteiger partial charge in [0.15, 0.2) is 0 Å². The minimum Gasteiger partial charge on any atom is -0.355 e. The number of aromatic nitrogens is 1. The lowest BCUT2D eigenvalue weighted by Gasteiger charge is -1.90. The molecule has 68 valence electrons. The smallest absolute Gasteiger partial charge is 0.294 e. The van der Waals surface area contributed by atoms with Crippen LogP contribution in [0.15, 0.2) is 24.4 Å². The number of rotatable bonds is 1. The number of hydrogen-bond acceptors (Lipinski definition) is 3. The fourth-order valence-electron chi connectivity index (χ4n) is 1.33. The van der Waals surface area contributed by atoms with E-state index in [2.05, 4.69) is 4.98 Å². The van der Waals surface area contributed by atoms with E-state index in [1.165, 1.54) is 12.3 Å². The van der Waals surface area contributed by atoms with Crippen LogP contribution in [0.25, 0.3) is 10.9 Å². The van der Waals surface area contributed by atoms with Gasteiger partial charge in [-0.2, -0.15) is 5.26 Å². The highest BCUT2D eigenvalue weighted by atomic mass is 16.6. The van der Waals surface area contributed by atoms with Gasteiger partial charge >= 0.3 is 0 Å². The molecule has 0 saturated heterocycles. The summed E-state index contributed by atoms with van der Waals surface area (Å²) in [6.07, 6.45) is 1.33. The molecule has 0 atom stereocenters. The summed E-state index contributed by atoms with van der Waals surface area (Å²) < 4.78 is 0. The molecule has 14 heavy (non-hydrogen) atoms. The number of nitrogens with one attached hydrogen (secondary N) is 1. The largest absolute Gasteiger partial charge is 0.355 e. The average molecular weight is 187 g/mol. The van der Waals surface area contributed by atoms with Crippen LogP contribution in [0, 0.1) is 21.4 Å². The van der Waals surface area contributed by atoms with Crippen molar-refractivity contribution in [1.29, 1.82) is 5.26 Å². The van der Waals surface area contributed by atoms with Crippen molar-refractivity contribution < 1.29 is 4.92 Å². The Balaban J connectivity index is 2.77. The van der Waals surface area contributed by atoms with E-state index < -0.39 is 4.92 Å². The second-order valence-corrected chi connectivity index (χ2v) is 2.80. The van der Waals surface area contributed by atoms with Crippen LogP contribution in [0.5, 0.6) is 0 Å². The predicted octanol–water partition coefficient (Wildman–Crippen LogP) is 1.95. The lowest BCUT2D eigenvalue weighted by atomic mass is 10.1. The molecule has 0 aliphatic rings. The molecule has 1 heterocycles. The molecule has 1 N–H and O–H groups in total. The molecule has 1 aromatic heterocycles. The van der Waals surface area contributed by atoms with Crippen LogP contribution < -0.4 is 0 Å². The maximum atomic E-state index is 10.6. The summed E-state index contributed by atoms with van der Waals surface area (Å²) in [6, 6.07) is 6.71. The lowest BCUT2D eigenvalue weighted by molar-refractivity contribution is -0.383. The maximum absolute atomic E-state index is 10.6. The summed E-state index contributed by atoms with van der Waals surface area (Å²) in [5, 5.41) is 19.7. The molecule has 0 aliphatic heterocycles. The summed E-state index contributed by atoms with van der Waals surface area (Å²) >= 11 is 0. The first-order valence-electron chi connectivity index (χ1n) is 3.88. The first kappa shape index (κ1) is 8.26. The zero-order chi connectivity index (χ0) is 10.1. The first-order chi connectivity index (χ1) is 6.72. The van der Waals surface area contributed by atoms with Crippen molar-refractivity contribution in [1.82, 2.24) is 4.98 Å². The highest BCUT2D eigenvalue weighted by Gasteiger charge is 2.13. The Morgan fingerprint density at radius 3 is 2.93 bits per heavy atom. The quantitative estimate of drug-likeness (QED) is 0.547. The lowest BCUT2D eigenvalue weighted by Crippen LogP contribution is -1.85. The van der Waals surface area contributed by atoms with Crippen molar-refractivity contribution >= 4 is 16.6 Å². The zero-order valence-corrected chi connectivity index (χ0v) is 7.02. The van der Waals surface area contributed by atoms with Gasteiger partial charge in [-0.05, 0) is 18.2 Å². The molecular weight excluding hydrogens is 182 g/mol. The fourth-order valence-corrected chi connectivity index (χ4v) is 1.33. The molecule has 0 bridgehead atoms. The Morgan fingerprint density at radius 1 is 1.50 bits per heavy atom. The Hall–Kier alpha value is -2.35. The van der Waals surface area contributed by atoms with Crippen molar-refractivity contribution in [3.05, 3.63) is 40.1 Å². The molecule has 1 aromatic carbocycles. The molecule has 0 unspecified atom stereocenters. The molecule has 2 rings (SSSR count). The highest BCUT2D eigenvalue weighted by Crippen LogP contribution is 2.25. The topological polar surface area (TPSA) is 82.7 Å². The van der Waals surface area contributed by atoms with Crippen LogP contribution in [0.2, 0.25) is 0 Å². The van der Waals surface area contributed by atoms with Crippen molar-refractivity contribution in [3.8, 4) is 6.07 Å². The number of aromatic amines is 1. The number of fused-ring (bicyclic) bond motifs is 1. The second kappa shape index (κ2) is 2.85. The van der Waals surface area contributed by atoms with Crippen LogP contribution in [0.4, 0.5) is 5.69 Å². The average Bonchev–Trinajstić information content (AvgIpc) is 2.59. The highest BCUT2D eigenvalue weighted by molar-refractivity contribution is 5.89. The van der Waals surface area contributed by atoms with Crippen molar-refractivity contribution in [2.24, 2.45) is 0 Å². The molecule has 5 heteroatoms. The van der Waals surface area contributed by atoms with Crippen LogP contribution in [0.1, 0.15) is 5.56 Å². The third-order valence-corrected chi connectivity index (χ3v) is 1.99. The van der Waals surface area contributed by atoms with Crippen LogP contribution in [0.3, 0.4) is 0 Å². The van der Waals surface area contributed by atoms with E-state index in [-0.39, 0.29) is 5.69 Å². The number of hydrogen-bond donors (Lipinski definition) is 1. The third kappa shape index (κ3) is 1.10. The monoisotopic (exact) mass is 187 g/mol. The Morgan fingerprint density at radius 2 is 2.29 bits per heavy atom. The number of nitriles is 1. The molecular formula is C9H5N3O2. The van der Waals surface area contributed by atoms with E-state index >= 15 is 0 Å². The van der Waals surface area contributed by atoms with E-state index in [9.17, 15) is 10.1 Å². The summed E-state index contributed by atoms with van der Waals surface area (Å²) in [5.41, 5.74) is 1.08. The third-order valence-electron chi connectivity index (χ3n) is 1.99. The van der Waals surface area contributed by atoms with Crippen LogP contribution in [-0.4, -0.2) is 9.91 Å². The van der Waals surface area contributed by atoms with Gasteiger partial charge in [0.1, 0.15) is 0 Å². The summed E-state index contributed by atoms with van der Waals surface area (Å²) in [6.45, 7) is 0. The number of nitro groups is 1. The van der Waals surface area contributed by atoms with E-state index in [0.29, 0.717) is 16.5 Å². The minimum absolute atomic E-state index is 0.00269. The Labute approximate surface area is 78.7 Å². The standard InChI is InChI=1S/C9H5N3O2/c10-4-6-1-2-8-7(3-6)9(5-11-8)12(13)14/h1-3,5,11H. The van der Waals surface area contributed by atoms with Gasteiger partial charge in [0.05, 0.1) is 33.7 Å². The predicted molar refractivity (Wildman–Crippen MR) is 49.7 cm³/mol. The molecule has 0 saturated carbocycles. The summed E-state index contributed by atoms with van der Waals surface area (Å²) in [5.74, 6) is 0. The van der Waals surface area contributed by atoms with Crippen LogP contribution >= 0.6 is 0 Å². The molecule has 0 fully saturated rings. The molecule has 0 radical (unpaired) electrons. The van der Waals surface area contributed by atoms with Gasteiger partial charge < -0.3 is 4.98 Å². The summed E-state index contributed by atoms with van der Waals surface area (Å²) in [4.78, 5) is 12.9. The van der Waals surface area contributed by atoms with Gasteiger partial charge in [0.2, 0.25) is 0 Å². The molecule has 5 nitrogen and oxygen atoms in total. The maximum Gasteiger partial charge on any atom is 0.294 e. The Bertz CT molecular complexity index is 551. The summed E-state index contributed by atoms with van der Waals surface area (Å²) in [7, 11) is 0. The first-order valence-corrected chi connectivity index (χ1v) is 3.88. The van der Waals surface area contributed by atoms with Gasteiger partial charge in [-0.25, -0.2) is 0 Å².